The second kappa shape index (κ2) is 9.10. The highest BCUT2D eigenvalue weighted by Gasteiger charge is 2.27. The Morgan fingerprint density at radius 1 is 1.10 bits per heavy atom. The summed E-state index contributed by atoms with van der Waals surface area (Å²) in [5, 5.41) is 1.16. The van der Waals surface area contributed by atoms with Crippen molar-refractivity contribution in [1.29, 1.82) is 0 Å². The van der Waals surface area contributed by atoms with E-state index in [0.29, 0.717) is 27.0 Å². The molecule has 10 heteroatoms. The first kappa shape index (κ1) is 22.0. The number of hydrogen-bond donors (Lipinski definition) is 0. The van der Waals surface area contributed by atoms with Gasteiger partial charge in [-0.1, -0.05) is 35.1 Å². The lowest BCUT2D eigenvalue weighted by Gasteiger charge is -2.34. The van der Waals surface area contributed by atoms with Gasteiger partial charge in [-0.2, -0.15) is 0 Å². The van der Waals surface area contributed by atoms with Crippen LogP contribution in [-0.4, -0.2) is 48.8 Å². The molecule has 164 valence electrons. The second-order valence-electron chi connectivity index (χ2n) is 7.64. The van der Waals surface area contributed by atoms with E-state index in [9.17, 15) is 8.42 Å². The van der Waals surface area contributed by atoms with Gasteiger partial charge in [0, 0.05) is 25.5 Å². The van der Waals surface area contributed by atoms with Crippen LogP contribution >= 0.6 is 22.9 Å². The van der Waals surface area contributed by atoms with Gasteiger partial charge in [0.15, 0.2) is 9.84 Å². The van der Waals surface area contributed by atoms with Crippen molar-refractivity contribution in [3.8, 4) is 15.6 Å². The molecule has 7 nitrogen and oxygen atoms in total. The summed E-state index contributed by atoms with van der Waals surface area (Å²) in [4.78, 5) is 16.4. The highest BCUT2D eigenvalue weighted by atomic mass is 35.5. The van der Waals surface area contributed by atoms with Crippen molar-refractivity contribution in [2.24, 2.45) is 5.92 Å². The summed E-state index contributed by atoms with van der Waals surface area (Å²) in [6.45, 7) is 3.83. The first-order valence-electron chi connectivity index (χ1n) is 9.95. The van der Waals surface area contributed by atoms with E-state index in [0.717, 1.165) is 36.4 Å². The van der Waals surface area contributed by atoms with E-state index in [1.807, 2.05) is 0 Å². The summed E-state index contributed by atoms with van der Waals surface area (Å²) in [6, 6.07) is 6.83. The van der Waals surface area contributed by atoms with Gasteiger partial charge >= 0.3 is 0 Å². The Labute approximate surface area is 191 Å². The summed E-state index contributed by atoms with van der Waals surface area (Å²) in [5.41, 5.74) is 0.920. The van der Waals surface area contributed by atoms with E-state index in [4.69, 9.17) is 16.3 Å². The molecule has 1 aromatic carbocycles. The maximum absolute atomic E-state index is 11.6. The Morgan fingerprint density at radius 2 is 1.74 bits per heavy atom. The molecule has 0 radical (unpaired) electrons. The monoisotopic (exact) mass is 478 g/mol. The van der Waals surface area contributed by atoms with E-state index in [1.54, 1.807) is 42.9 Å². The molecular formula is C21H23ClN4O3S2. The molecule has 3 heterocycles. The van der Waals surface area contributed by atoms with Crippen molar-refractivity contribution in [2.45, 2.75) is 30.8 Å². The van der Waals surface area contributed by atoms with Crippen LogP contribution in [0, 0.1) is 5.92 Å². The topological polar surface area (TPSA) is 85.3 Å². The summed E-state index contributed by atoms with van der Waals surface area (Å²) < 4.78 is 29.4. The van der Waals surface area contributed by atoms with Crippen LogP contribution in [0.15, 0.2) is 47.8 Å². The number of piperidine rings is 1. The van der Waals surface area contributed by atoms with Gasteiger partial charge in [0.1, 0.15) is 6.10 Å². The Kier molecular flexibility index (Phi) is 6.45. The van der Waals surface area contributed by atoms with E-state index >= 15 is 0 Å². The molecule has 2 aromatic heterocycles. The number of aromatic nitrogens is 3. The van der Waals surface area contributed by atoms with Crippen LogP contribution in [0.1, 0.15) is 19.8 Å². The standard InChI is InChI=1S/C21H23ClN4O3S2/c1-14(15-7-9-26(10-8-15)20-23-11-17(22)12-24-20)29-21-25-13-19(30-21)16-3-5-18(6-4-16)31(2,27)28/h3-6,11-15H,7-10H2,1-2H3. The number of sulfone groups is 1. The minimum Gasteiger partial charge on any atom is -0.467 e. The first-order chi connectivity index (χ1) is 14.8. The Balaban J connectivity index is 1.34. The fourth-order valence-electron chi connectivity index (χ4n) is 3.61. The molecule has 1 unspecified atom stereocenters. The number of hydrogen-bond acceptors (Lipinski definition) is 8. The first-order valence-corrected chi connectivity index (χ1v) is 13.0. The molecule has 0 bridgehead atoms. The Bertz CT molecular complexity index is 1130. The SMILES string of the molecule is CC(Oc1ncc(-c2ccc(S(C)(=O)=O)cc2)s1)C1CCN(c2ncc(Cl)cn2)CC1. The smallest absolute Gasteiger partial charge is 0.273 e. The average molecular weight is 479 g/mol. The predicted octanol–water partition coefficient (Wildman–Crippen LogP) is 4.34. The number of rotatable bonds is 6. The average Bonchev–Trinajstić information content (AvgIpc) is 3.22. The van der Waals surface area contributed by atoms with E-state index in [1.165, 1.54) is 17.6 Å². The maximum atomic E-state index is 11.6. The molecule has 1 aliphatic rings. The van der Waals surface area contributed by atoms with Crippen LogP contribution in [0.3, 0.4) is 0 Å². The molecule has 1 fully saturated rings. The van der Waals surface area contributed by atoms with E-state index in [-0.39, 0.29) is 6.10 Å². The molecule has 0 aliphatic carbocycles. The molecule has 4 rings (SSSR count). The molecule has 0 saturated carbocycles. The van der Waals surface area contributed by atoms with Crippen molar-refractivity contribution in [3.63, 3.8) is 0 Å². The summed E-state index contributed by atoms with van der Waals surface area (Å²) in [5.74, 6) is 1.13. The van der Waals surface area contributed by atoms with Gasteiger partial charge in [0.05, 0.1) is 27.2 Å². The van der Waals surface area contributed by atoms with Gasteiger partial charge in [-0.3, -0.25) is 0 Å². The number of nitrogens with zero attached hydrogens (tertiary/aromatic N) is 4. The number of benzene rings is 1. The van der Waals surface area contributed by atoms with Gasteiger partial charge in [-0.05, 0) is 43.4 Å². The lowest BCUT2D eigenvalue weighted by Crippen LogP contribution is -2.39. The summed E-state index contributed by atoms with van der Waals surface area (Å²) >= 11 is 7.33. The van der Waals surface area contributed by atoms with E-state index < -0.39 is 9.84 Å². The van der Waals surface area contributed by atoms with Crippen LogP contribution in [0.5, 0.6) is 5.19 Å². The van der Waals surface area contributed by atoms with Crippen molar-refractivity contribution in [1.82, 2.24) is 15.0 Å². The zero-order chi connectivity index (χ0) is 22.0. The maximum Gasteiger partial charge on any atom is 0.273 e. The molecule has 31 heavy (non-hydrogen) atoms. The van der Waals surface area contributed by atoms with Gasteiger partial charge in [-0.15, -0.1) is 0 Å². The molecule has 0 amide bonds. The van der Waals surface area contributed by atoms with Crippen molar-refractivity contribution >= 4 is 38.7 Å². The highest BCUT2D eigenvalue weighted by Crippen LogP contribution is 2.33. The molecular weight excluding hydrogens is 456 g/mol. The molecule has 0 N–H and O–H groups in total. The lowest BCUT2D eigenvalue weighted by atomic mass is 9.92. The number of ether oxygens (including phenoxy) is 1. The van der Waals surface area contributed by atoms with Gasteiger partial charge < -0.3 is 9.64 Å². The van der Waals surface area contributed by atoms with Crippen LogP contribution in [-0.2, 0) is 9.84 Å². The van der Waals surface area contributed by atoms with Gasteiger partial charge in [-0.25, -0.2) is 23.4 Å². The third-order valence-electron chi connectivity index (χ3n) is 5.43. The van der Waals surface area contributed by atoms with Crippen molar-refractivity contribution < 1.29 is 13.2 Å². The molecule has 1 atom stereocenters. The fourth-order valence-corrected chi connectivity index (χ4v) is 5.19. The zero-order valence-electron chi connectivity index (χ0n) is 17.2. The third kappa shape index (κ3) is 5.34. The number of halogens is 1. The van der Waals surface area contributed by atoms with Crippen molar-refractivity contribution in [2.75, 3.05) is 24.2 Å². The number of thiazole rings is 1. The molecule has 0 spiro atoms. The summed E-state index contributed by atoms with van der Waals surface area (Å²) in [6.07, 6.45) is 8.22. The minimum absolute atomic E-state index is 0.0416. The number of anilines is 1. The van der Waals surface area contributed by atoms with Crippen molar-refractivity contribution in [3.05, 3.63) is 47.9 Å². The molecule has 3 aromatic rings. The zero-order valence-corrected chi connectivity index (χ0v) is 19.6. The largest absolute Gasteiger partial charge is 0.467 e. The van der Waals surface area contributed by atoms with Crippen LogP contribution in [0.4, 0.5) is 5.95 Å². The predicted molar refractivity (Wildman–Crippen MR) is 123 cm³/mol. The van der Waals surface area contributed by atoms with Crippen LogP contribution in [0.25, 0.3) is 10.4 Å². The third-order valence-corrected chi connectivity index (χ3v) is 7.69. The quantitative estimate of drug-likeness (QED) is 0.520. The highest BCUT2D eigenvalue weighted by molar-refractivity contribution is 7.90. The van der Waals surface area contributed by atoms with Gasteiger partial charge in [0.25, 0.3) is 5.19 Å². The fraction of sp³-hybridized carbons (Fsp3) is 0.381. The normalized spacial score (nSPS) is 16.3. The molecule has 1 saturated heterocycles. The minimum atomic E-state index is -3.20. The van der Waals surface area contributed by atoms with Crippen LogP contribution < -0.4 is 9.64 Å². The van der Waals surface area contributed by atoms with Gasteiger partial charge in [0.2, 0.25) is 5.95 Å². The Hall–Kier alpha value is -2.23. The molecule has 1 aliphatic heterocycles. The lowest BCUT2D eigenvalue weighted by molar-refractivity contribution is 0.132. The Morgan fingerprint density at radius 3 is 2.35 bits per heavy atom. The van der Waals surface area contributed by atoms with E-state index in [2.05, 4.69) is 26.8 Å². The van der Waals surface area contributed by atoms with Crippen LogP contribution in [0.2, 0.25) is 5.02 Å². The summed E-state index contributed by atoms with van der Waals surface area (Å²) in [7, 11) is -3.20. The second-order valence-corrected chi connectivity index (χ2v) is 11.1.